The number of carbonyl (C=O) groups is 5. The Balaban J connectivity index is 1.30. The SMILES string of the molecule is C=CC1CC1(NC(=O)C1CC2(CN1C(=O)C(NC(=O)C(NC(=O)C1CCCCN1C(C)C)C1(C)CCCCC1)C(C)(C)C)C(C)(C)C21CCC1)C(=O)NS(=O)(=O)N(CC)CC. The number of carbonyl (C=O) groups excluding carboxylic acids is 5. The monoisotopic (exact) mass is 872 g/mol. The van der Waals surface area contributed by atoms with Gasteiger partial charge < -0.3 is 20.9 Å². The smallest absolute Gasteiger partial charge is 0.303 e. The Bertz CT molecular complexity index is 1850. The number of piperidine rings is 1. The molecule has 61 heavy (non-hydrogen) atoms. The molecular formula is C46H77N7O7S. The summed E-state index contributed by atoms with van der Waals surface area (Å²) in [5.74, 6) is -2.80. The van der Waals surface area contributed by atoms with Crippen LogP contribution >= 0.6 is 0 Å². The van der Waals surface area contributed by atoms with Crippen LogP contribution in [0.4, 0.5) is 0 Å². The van der Waals surface area contributed by atoms with Crippen LogP contribution in [0.25, 0.3) is 0 Å². The van der Waals surface area contributed by atoms with Gasteiger partial charge in [0.05, 0.1) is 6.04 Å². The third kappa shape index (κ3) is 8.08. The Labute approximate surface area is 366 Å². The number of hydrogen-bond donors (Lipinski definition) is 4. The second kappa shape index (κ2) is 16.8. The fraction of sp³-hybridized carbons (Fsp3) is 0.848. The third-order valence-corrected chi connectivity index (χ3v) is 18.5. The summed E-state index contributed by atoms with van der Waals surface area (Å²) in [5.41, 5.74) is -3.39. The first-order valence-corrected chi connectivity index (χ1v) is 24.8. The van der Waals surface area contributed by atoms with Gasteiger partial charge in [-0.3, -0.25) is 28.9 Å². The Kier molecular flexibility index (Phi) is 13.1. The van der Waals surface area contributed by atoms with E-state index in [2.05, 4.69) is 66.8 Å². The molecule has 2 saturated heterocycles. The maximum atomic E-state index is 15.4. The molecule has 6 rings (SSSR count). The van der Waals surface area contributed by atoms with Crippen molar-refractivity contribution in [3.63, 3.8) is 0 Å². The van der Waals surface area contributed by atoms with E-state index in [-0.39, 0.29) is 59.7 Å². The molecule has 4 saturated carbocycles. The van der Waals surface area contributed by atoms with E-state index in [1.165, 1.54) is 0 Å². The van der Waals surface area contributed by atoms with Crippen LogP contribution in [0.2, 0.25) is 0 Å². The molecule has 0 bridgehead atoms. The quantitative estimate of drug-likeness (QED) is 0.170. The molecule has 4 N–H and O–H groups in total. The lowest BCUT2D eigenvalue weighted by Crippen LogP contribution is -2.65. The molecule has 344 valence electrons. The van der Waals surface area contributed by atoms with Crippen LogP contribution in [-0.2, 0) is 34.2 Å². The van der Waals surface area contributed by atoms with Crippen molar-refractivity contribution in [1.29, 1.82) is 0 Å². The Morgan fingerprint density at radius 1 is 0.836 bits per heavy atom. The van der Waals surface area contributed by atoms with Crippen molar-refractivity contribution in [2.45, 2.75) is 188 Å². The lowest BCUT2D eigenvalue weighted by atomic mass is 9.70. The van der Waals surface area contributed by atoms with Crippen molar-refractivity contribution >= 4 is 39.7 Å². The first-order chi connectivity index (χ1) is 28.4. The zero-order valence-electron chi connectivity index (χ0n) is 38.9. The number of nitrogens with one attached hydrogen (secondary N) is 4. The highest BCUT2D eigenvalue weighted by atomic mass is 32.2. The Morgan fingerprint density at radius 3 is 1.98 bits per heavy atom. The standard InChI is InChI=1S/C46H77N7O7S/c1-12-31-27-46(31,40(58)50-61(59,60)51(13-2)14-3)49-37(55)33-28-45(42(9,10)44(45)24-20-25-44)29-53(33)39(57)35(41(6,7)8)48-38(56)34(43(11)22-17-15-18-23-43)47-36(54)32-21-16-19-26-52(32)30(4)5/h12,30-35H,1,13-29H2,2-11H3,(H,47,54)(H,48,56)(H,49,55)(H,50,58). The molecule has 0 aromatic rings. The molecule has 2 spiro atoms. The van der Waals surface area contributed by atoms with E-state index in [0.717, 1.165) is 81.5 Å². The molecule has 14 nitrogen and oxygen atoms in total. The highest BCUT2D eigenvalue weighted by Crippen LogP contribution is 2.88. The lowest BCUT2D eigenvalue weighted by molar-refractivity contribution is -0.146. The number of fused-ring (bicyclic) bond motifs is 1. The van der Waals surface area contributed by atoms with Crippen molar-refractivity contribution in [2.24, 2.45) is 33.0 Å². The van der Waals surface area contributed by atoms with Crippen LogP contribution in [0.5, 0.6) is 0 Å². The van der Waals surface area contributed by atoms with Gasteiger partial charge in [0.25, 0.3) is 5.91 Å². The minimum absolute atomic E-state index is 0.0296. The van der Waals surface area contributed by atoms with Gasteiger partial charge in [-0.25, -0.2) is 4.72 Å². The number of hydrogen-bond acceptors (Lipinski definition) is 8. The van der Waals surface area contributed by atoms with Crippen LogP contribution in [0.15, 0.2) is 12.7 Å². The molecule has 0 radical (unpaired) electrons. The molecule has 7 unspecified atom stereocenters. The van der Waals surface area contributed by atoms with Crippen molar-refractivity contribution in [3.8, 4) is 0 Å². The van der Waals surface area contributed by atoms with Gasteiger partial charge in [-0.1, -0.05) is 93.6 Å². The summed E-state index contributed by atoms with van der Waals surface area (Å²) < 4.78 is 29.7. The molecule has 0 aromatic carbocycles. The van der Waals surface area contributed by atoms with E-state index >= 15 is 4.79 Å². The van der Waals surface area contributed by atoms with Gasteiger partial charge in [-0.15, -0.1) is 6.58 Å². The number of likely N-dealkylation sites (tertiary alicyclic amines) is 2. The highest BCUT2D eigenvalue weighted by Gasteiger charge is 2.85. The molecule has 5 amide bonds. The molecular weight excluding hydrogens is 795 g/mol. The first kappa shape index (κ1) is 47.4. The summed E-state index contributed by atoms with van der Waals surface area (Å²) in [6, 6.07) is -3.05. The van der Waals surface area contributed by atoms with Gasteiger partial charge in [0.1, 0.15) is 23.7 Å². The maximum Gasteiger partial charge on any atom is 0.303 e. The van der Waals surface area contributed by atoms with Crippen molar-refractivity contribution < 1.29 is 32.4 Å². The van der Waals surface area contributed by atoms with E-state index in [1.807, 2.05) is 20.8 Å². The van der Waals surface area contributed by atoms with Crippen LogP contribution in [0, 0.1) is 33.0 Å². The van der Waals surface area contributed by atoms with E-state index in [9.17, 15) is 27.6 Å². The maximum absolute atomic E-state index is 15.4. The topological polar surface area (TPSA) is 177 Å². The number of amides is 5. The second-order valence-electron chi connectivity index (χ2n) is 21.7. The van der Waals surface area contributed by atoms with Crippen LogP contribution in [-0.4, -0.2) is 114 Å². The van der Waals surface area contributed by atoms with Crippen molar-refractivity contribution in [2.75, 3.05) is 26.2 Å². The van der Waals surface area contributed by atoms with Gasteiger partial charge in [-0.05, 0) is 93.4 Å². The highest BCUT2D eigenvalue weighted by molar-refractivity contribution is 7.87. The predicted octanol–water partition coefficient (Wildman–Crippen LogP) is 4.80. The summed E-state index contributed by atoms with van der Waals surface area (Å²) in [4.78, 5) is 77.1. The molecule has 7 atom stereocenters. The van der Waals surface area contributed by atoms with Crippen molar-refractivity contribution in [3.05, 3.63) is 12.7 Å². The Morgan fingerprint density at radius 2 is 1.48 bits per heavy atom. The molecule has 2 heterocycles. The third-order valence-electron chi connectivity index (χ3n) is 16.9. The van der Waals surface area contributed by atoms with E-state index in [1.54, 1.807) is 24.8 Å². The summed E-state index contributed by atoms with van der Waals surface area (Å²) in [5, 5.41) is 9.38. The predicted molar refractivity (Wildman–Crippen MR) is 236 cm³/mol. The van der Waals surface area contributed by atoms with Crippen molar-refractivity contribution in [1.82, 2.24) is 34.8 Å². The van der Waals surface area contributed by atoms with E-state index < -0.39 is 68.3 Å². The fourth-order valence-corrected chi connectivity index (χ4v) is 13.8. The largest absolute Gasteiger partial charge is 0.342 e. The average Bonchev–Trinajstić information content (AvgIpc) is 3.90. The Hall–Kier alpha value is -3.04. The molecule has 2 aliphatic heterocycles. The summed E-state index contributed by atoms with van der Waals surface area (Å²) >= 11 is 0. The van der Waals surface area contributed by atoms with Crippen LogP contribution in [0.3, 0.4) is 0 Å². The lowest BCUT2D eigenvalue weighted by Gasteiger charge is -2.44. The second-order valence-corrected chi connectivity index (χ2v) is 23.3. The average molecular weight is 872 g/mol. The molecule has 6 fully saturated rings. The summed E-state index contributed by atoms with van der Waals surface area (Å²) in [6.45, 7) is 25.1. The fourth-order valence-electron chi connectivity index (χ4n) is 12.6. The number of nitrogens with zero attached hydrogens (tertiary/aromatic N) is 3. The minimum Gasteiger partial charge on any atom is -0.342 e. The molecule has 15 heteroatoms. The molecule has 6 aliphatic rings. The molecule has 4 aliphatic carbocycles. The van der Waals surface area contributed by atoms with Gasteiger partial charge >= 0.3 is 10.2 Å². The van der Waals surface area contributed by atoms with E-state index in [4.69, 9.17) is 0 Å². The minimum atomic E-state index is -4.18. The zero-order valence-corrected chi connectivity index (χ0v) is 39.7. The van der Waals surface area contributed by atoms with Gasteiger partial charge in [-0.2, -0.15) is 12.7 Å². The van der Waals surface area contributed by atoms with E-state index in [0.29, 0.717) is 13.0 Å². The van der Waals surface area contributed by atoms with Crippen LogP contribution < -0.4 is 20.7 Å². The van der Waals surface area contributed by atoms with Gasteiger partial charge in [0, 0.05) is 37.0 Å². The number of rotatable bonds is 15. The molecule has 0 aromatic heterocycles. The van der Waals surface area contributed by atoms with Gasteiger partial charge in [0.15, 0.2) is 0 Å². The zero-order chi connectivity index (χ0) is 45.1. The summed E-state index contributed by atoms with van der Waals surface area (Å²) in [6.07, 6.45) is 12.3. The van der Waals surface area contributed by atoms with Gasteiger partial charge in [0.2, 0.25) is 23.6 Å². The first-order valence-electron chi connectivity index (χ1n) is 23.4. The summed E-state index contributed by atoms with van der Waals surface area (Å²) in [7, 11) is -4.18. The normalized spacial score (nSPS) is 31.2. The van der Waals surface area contributed by atoms with Crippen LogP contribution in [0.1, 0.15) is 153 Å².